The predicted molar refractivity (Wildman–Crippen MR) is 85.1 cm³/mol. The molecule has 0 bridgehead atoms. The fourth-order valence-electron chi connectivity index (χ4n) is 3.48. The molecular weight excluding hydrogens is 294 g/mol. The highest BCUT2D eigenvalue weighted by atomic mass is 16.5. The second kappa shape index (κ2) is 6.98. The molecule has 0 atom stereocenters. The van der Waals surface area contributed by atoms with Gasteiger partial charge < -0.3 is 15.0 Å². The minimum absolute atomic E-state index is 0.0345. The third-order valence-electron chi connectivity index (χ3n) is 4.76. The van der Waals surface area contributed by atoms with Crippen molar-refractivity contribution in [2.24, 2.45) is 0 Å². The molecule has 0 unspecified atom stereocenters. The summed E-state index contributed by atoms with van der Waals surface area (Å²) in [5.74, 6) is -0.0345. The summed E-state index contributed by atoms with van der Waals surface area (Å²) in [6.07, 6.45) is 9.45. The van der Waals surface area contributed by atoms with E-state index in [1.165, 1.54) is 26.4 Å². The molecule has 23 heavy (non-hydrogen) atoms. The Hall–Kier alpha value is -2.11. The van der Waals surface area contributed by atoms with Gasteiger partial charge in [0.2, 0.25) is 0 Å². The van der Waals surface area contributed by atoms with Crippen molar-refractivity contribution in [1.82, 2.24) is 15.2 Å². The van der Waals surface area contributed by atoms with Gasteiger partial charge in [0.15, 0.2) is 0 Å². The summed E-state index contributed by atoms with van der Waals surface area (Å²) in [6, 6.07) is 0.280. The van der Waals surface area contributed by atoms with E-state index in [-0.39, 0.29) is 18.0 Å². The molecule has 1 aromatic rings. The van der Waals surface area contributed by atoms with Gasteiger partial charge in [0, 0.05) is 25.0 Å². The highest BCUT2D eigenvalue weighted by Gasteiger charge is 2.26. The number of nitrogens with one attached hydrogen (secondary N) is 1. The third kappa shape index (κ3) is 3.46. The smallest absolute Gasteiger partial charge is 0.409 e. The molecule has 1 fully saturated rings. The van der Waals surface area contributed by atoms with Crippen LogP contribution in [-0.4, -0.2) is 41.6 Å². The van der Waals surface area contributed by atoms with Crippen molar-refractivity contribution in [3.63, 3.8) is 0 Å². The van der Waals surface area contributed by atoms with Crippen LogP contribution in [0.2, 0.25) is 0 Å². The Balaban J connectivity index is 1.74. The maximum absolute atomic E-state index is 12.6. The maximum Gasteiger partial charge on any atom is 0.409 e. The van der Waals surface area contributed by atoms with Crippen molar-refractivity contribution in [3.8, 4) is 0 Å². The largest absolute Gasteiger partial charge is 0.453 e. The number of methoxy groups -OCH3 is 1. The van der Waals surface area contributed by atoms with E-state index in [1.807, 2.05) is 0 Å². The Morgan fingerprint density at radius 2 is 2.04 bits per heavy atom. The molecule has 2 amide bonds. The number of amides is 2. The number of carbonyl (C=O) groups excluding carboxylic acids is 2. The fourth-order valence-corrected chi connectivity index (χ4v) is 3.48. The number of hydrogen-bond acceptors (Lipinski definition) is 4. The number of nitrogens with zero attached hydrogens (tertiary/aromatic N) is 2. The van der Waals surface area contributed by atoms with Crippen LogP contribution in [0.3, 0.4) is 0 Å². The number of fused-ring (bicyclic) bond motifs is 1. The lowest BCUT2D eigenvalue weighted by Crippen LogP contribution is -2.39. The second-order valence-corrected chi connectivity index (χ2v) is 6.27. The van der Waals surface area contributed by atoms with Gasteiger partial charge in [-0.15, -0.1) is 0 Å². The number of ether oxygens (including phenoxy) is 1. The number of aromatic nitrogens is 1. The van der Waals surface area contributed by atoms with Crippen molar-refractivity contribution in [2.45, 2.75) is 51.1 Å². The Bertz CT molecular complexity index is 597. The topological polar surface area (TPSA) is 71.5 Å². The summed E-state index contributed by atoms with van der Waals surface area (Å²) < 4.78 is 4.77. The fraction of sp³-hybridized carbons (Fsp3) is 0.588. The monoisotopic (exact) mass is 317 g/mol. The van der Waals surface area contributed by atoms with E-state index >= 15 is 0 Å². The van der Waals surface area contributed by atoms with Crippen LogP contribution < -0.4 is 5.32 Å². The molecule has 0 aromatic carbocycles. The zero-order valence-electron chi connectivity index (χ0n) is 13.5. The lowest BCUT2D eigenvalue weighted by Gasteiger charge is -2.29. The average Bonchev–Trinajstić information content (AvgIpc) is 2.60. The van der Waals surface area contributed by atoms with Crippen molar-refractivity contribution >= 4 is 12.0 Å². The first-order chi connectivity index (χ1) is 11.2. The number of carbonyl (C=O) groups is 2. The van der Waals surface area contributed by atoms with Crippen LogP contribution in [0.5, 0.6) is 0 Å². The summed E-state index contributed by atoms with van der Waals surface area (Å²) in [6.45, 7) is 1.01. The van der Waals surface area contributed by atoms with Gasteiger partial charge in [-0.1, -0.05) is 19.3 Å². The molecule has 1 N–H and O–H groups in total. The average molecular weight is 317 g/mol. The van der Waals surface area contributed by atoms with E-state index in [9.17, 15) is 9.59 Å². The normalized spacial score (nSPS) is 18.2. The number of hydrogen-bond donors (Lipinski definition) is 1. The molecule has 0 saturated heterocycles. The van der Waals surface area contributed by atoms with E-state index in [2.05, 4.69) is 10.3 Å². The van der Waals surface area contributed by atoms with E-state index < -0.39 is 0 Å². The highest BCUT2D eigenvalue weighted by Crippen LogP contribution is 2.23. The SMILES string of the molecule is COC(=O)N1CCc2c(cncc2C(=O)NC2CCCCC2)C1. The van der Waals surface area contributed by atoms with Crippen LogP contribution in [0.4, 0.5) is 4.79 Å². The van der Waals surface area contributed by atoms with E-state index in [1.54, 1.807) is 17.3 Å². The number of rotatable bonds is 2. The molecule has 1 saturated carbocycles. The van der Waals surface area contributed by atoms with E-state index in [4.69, 9.17) is 4.74 Å². The lowest BCUT2D eigenvalue weighted by atomic mass is 9.94. The molecule has 2 heterocycles. The molecular formula is C17H23N3O3. The van der Waals surface area contributed by atoms with Crippen LogP contribution in [0, 0.1) is 0 Å². The van der Waals surface area contributed by atoms with Crippen molar-refractivity contribution in [2.75, 3.05) is 13.7 Å². The standard InChI is InChI=1S/C17H23N3O3/c1-23-17(22)20-8-7-14-12(11-20)9-18-10-15(14)16(21)19-13-5-3-2-4-6-13/h9-10,13H,2-8,11H2,1H3,(H,19,21). The molecule has 6 heteroatoms. The van der Waals surface area contributed by atoms with Gasteiger partial charge in [0.05, 0.1) is 19.2 Å². The molecule has 6 nitrogen and oxygen atoms in total. The minimum Gasteiger partial charge on any atom is -0.453 e. The molecule has 3 rings (SSSR count). The second-order valence-electron chi connectivity index (χ2n) is 6.27. The van der Waals surface area contributed by atoms with Crippen LogP contribution in [-0.2, 0) is 17.7 Å². The van der Waals surface area contributed by atoms with Crippen molar-refractivity contribution in [1.29, 1.82) is 0 Å². The summed E-state index contributed by atoms with van der Waals surface area (Å²) >= 11 is 0. The Labute approximate surface area is 136 Å². The van der Waals surface area contributed by atoms with Crippen LogP contribution in [0.1, 0.15) is 53.6 Å². The van der Waals surface area contributed by atoms with Gasteiger partial charge in [-0.2, -0.15) is 0 Å². The van der Waals surface area contributed by atoms with Crippen LogP contribution in [0.25, 0.3) is 0 Å². The summed E-state index contributed by atoms with van der Waals surface area (Å²) in [7, 11) is 1.38. The molecule has 1 aliphatic heterocycles. The summed E-state index contributed by atoms with van der Waals surface area (Å²) in [4.78, 5) is 30.1. The first-order valence-corrected chi connectivity index (χ1v) is 8.28. The van der Waals surface area contributed by atoms with Gasteiger partial charge in [0.25, 0.3) is 5.91 Å². The zero-order chi connectivity index (χ0) is 16.2. The lowest BCUT2D eigenvalue weighted by molar-refractivity contribution is 0.0925. The van der Waals surface area contributed by atoms with Gasteiger partial charge >= 0.3 is 6.09 Å². The van der Waals surface area contributed by atoms with Crippen molar-refractivity contribution < 1.29 is 14.3 Å². The summed E-state index contributed by atoms with van der Waals surface area (Å²) in [5, 5.41) is 3.15. The van der Waals surface area contributed by atoms with Gasteiger partial charge in [0.1, 0.15) is 0 Å². The van der Waals surface area contributed by atoms with E-state index in [0.29, 0.717) is 25.1 Å². The summed E-state index contributed by atoms with van der Waals surface area (Å²) in [5.41, 5.74) is 2.59. The quantitative estimate of drug-likeness (QED) is 0.908. The molecule has 1 aliphatic carbocycles. The molecule has 124 valence electrons. The third-order valence-corrected chi connectivity index (χ3v) is 4.76. The molecule has 0 radical (unpaired) electrons. The number of pyridine rings is 1. The van der Waals surface area contributed by atoms with Crippen LogP contribution >= 0.6 is 0 Å². The van der Waals surface area contributed by atoms with Gasteiger partial charge in [-0.25, -0.2) is 4.79 Å². The minimum atomic E-state index is -0.340. The van der Waals surface area contributed by atoms with Crippen molar-refractivity contribution in [3.05, 3.63) is 29.1 Å². The Morgan fingerprint density at radius 1 is 1.26 bits per heavy atom. The molecule has 0 spiro atoms. The van der Waals surface area contributed by atoms with Gasteiger partial charge in [-0.05, 0) is 30.4 Å². The van der Waals surface area contributed by atoms with E-state index in [0.717, 1.165) is 24.0 Å². The zero-order valence-corrected chi connectivity index (χ0v) is 13.5. The molecule has 2 aliphatic rings. The first-order valence-electron chi connectivity index (χ1n) is 8.28. The Kier molecular flexibility index (Phi) is 4.79. The maximum atomic E-state index is 12.6. The Morgan fingerprint density at radius 3 is 2.78 bits per heavy atom. The van der Waals surface area contributed by atoms with Gasteiger partial charge in [-0.3, -0.25) is 9.78 Å². The first kappa shape index (κ1) is 15.8. The highest BCUT2D eigenvalue weighted by molar-refractivity contribution is 5.96. The predicted octanol–water partition coefficient (Wildman–Crippen LogP) is 2.27. The van der Waals surface area contributed by atoms with Crippen LogP contribution in [0.15, 0.2) is 12.4 Å². The molecule has 1 aromatic heterocycles.